The minimum absolute atomic E-state index is 0.776. The Morgan fingerprint density at radius 2 is 2.06 bits per heavy atom. The first-order valence-corrected chi connectivity index (χ1v) is 6.41. The number of aromatic nitrogens is 1. The maximum absolute atomic E-state index is 5.73. The zero-order valence-corrected chi connectivity index (χ0v) is 10.2. The van der Waals surface area contributed by atoms with E-state index in [1.54, 1.807) is 11.3 Å². The molecule has 16 heavy (non-hydrogen) atoms. The van der Waals surface area contributed by atoms with Gasteiger partial charge in [-0.25, -0.2) is 4.98 Å². The lowest BCUT2D eigenvalue weighted by molar-refractivity contribution is 0.319. The van der Waals surface area contributed by atoms with Crippen molar-refractivity contribution in [1.29, 1.82) is 0 Å². The third-order valence-corrected chi connectivity index (χ3v) is 3.05. The van der Waals surface area contributed by atoms with Crippen molar-refractivity contribution in [2.75, 3.05) is 6.61 Å². The van der Waals surface area contributed by atoms with Crippen LogP contribution in [0.3, 0.4) is 0 Å². The summed E-state index contributed by atoms with van der Waals surface area (Å²) in [5.41, 5.74) is 3.92. The van der Waals surface area contributed by atoms with Crippen molar-refractivity contribution < 1.29 is 4.74 Å². The number of benzene rings is 1. The van der Waals surface area contributed by atoms with E-state index in [2.05, 4.69) is 24.0 Å². The molecule has 0 N–H and O–H groups in total. The predicted octanol–water partition coefficient (Wildman–Crippen LogP) is 3.99. The van der Waals surface area contributed by atoms with E-state index in [1.165, 1.54) is 0 Å². The molecule has 0 unspecified atom stereocenters. The number of rotatable bonds is 5. The molecule has 0 aliphatic rings. The van der Waals surface area contributed by atoms with Crippen molar-refractivity contribution in [3.05, 3.63) is 35.8 Å². The van der Waals surface area contributed by atoms with E-state index in [4.69, 9.17) is 4.74 Å². The Balaban J connectivity index is 2.13. The highest BCUT2D eigenvalue weighted by molar-refractivity contribution is 7.12. The first kappa shape index (κ1) is 11.1. The minimum atomic E-state index is 0.776. The van der Waals surface area contributed by atoms with Gasteiger partial charge in [-0.2, -0.15) is 0 Å². The highest BCUT2D eigenvalue weighted by atomic mass is 32.1. The molecule has 0 aliphatic heterocycles. The summed E-state index contributed by atoms with van der Waals surface area (Å²) in [4.78, 5) is 4.36. The van der Waals surface area contributed by atoms with Crippen LogP contribution in [-0.4, -0.2) is 11.6 Å². The van der Waals surface area contributed by atoms with Gasteiger partial charge in [-0.1, -0.05) is 55.0 Å². The van der Waals surface area contributed by atoms with Crippen LogP contribution in [-0.2, 0) is 0 Å². The van der Waals surface area contributed by atoms with Crippen LogP contribution in [0.1, 0.15) is 19.8 Å². The summed E-state index contributed by atoms with van der Waals surface area (Å²) in [6.45, 7) is 2.94. The normalized spacial score (nSPS) is 10.3. The molecule has 0 fully saturated rings. The Hall–Kier alpha value is -1.35. The summed E-state index contributed by atoms with van der Waals surface area (Å²) < 4.78 is 5.73. The zero-order valence-electron chi connectivity index (χ0n) is 9.35. The van der Waals surface area contributed by atoms with Crippen LogP contribution in [0.5, 0.6) is 5.06 Å². The molecule has 2 aromatic rings. The fourth-order valence-corrected chi connectivity index (χ4v) is 2.12. The maximum atomic E-state index is 5.73. The van der Waals surface area contributed by atoms with Crippen molar-refractivity contribution in [1.82, 2.24) is 4.98 Å². The van der Waals surface area contributed by atoms with Crippen LogP contribution in [0.25, 0.3) is 11.3 Å². The van der Waals surface area contributed by atoms with Crippen LogP contribution in [0.15, 0.2) is 35.8 Å². The second-order valence-electron chi connectivity index (χ2n) is 3.56. The quantitative estimate of drug-likeness (QED) is 0.728. The van der Waals surface area contributed by atoms with Crippen molar-refractivity contribution in [3.8, 4) is 16.3 Å². The molecule has 0 aliphatic carbocycles. The molecule has 0 saturated heterocycles. The van der Waals surface area contributed by atoms with E-state index in [9.17, 15) is 0 Å². The molecule has 2 rings (SSSR count). The number of ether oxygens (including phenoxy) is 1. The van der Waals surface area contributed by atoms with Gasteiger partial charge in [-0.15, -0.1) is 0 Å². The fraction of sp³-hybridized carbons (Fsp3) is 0.308. The zero-order chi connectivity index (χ0) is 11.2. The average Bonchev–Trinajstić information content (AvgIpc) is 2.79. The highest BCUT2D eigenvalue weighted by Gasteiger charge is 2.08. The molecule has 0 spiro atoms. The Morgan fingerprint density at radius 1 is 1.25 bits per heavy atom. The maximum Gasteiger partial charge on any atom is 0.202 e. The molecule has 0 radical (unpaired) electrons. The molecule has 0 amide bonds. The van der Waals surface area contributed by atoms with E-state index < -0.39 is 0 Å². The number of thiazole rings is 1. The second kappa shape index (κ2) is 5.66. The molecule has 1 heterocycles. The van der Waals surface area contributed by atoms with Crippen LogP contribution >= 0.6 is 11.3 Å². The van der Waals surface area contributed by atoms with Gasteiger partial charge in [0.05, 0.1) is 12.1 Å². The summed E-state index contributed by atoms with van der Waals surface area (Å²) in [5, 5.41) is 0.930. The van der Waals surface area contributed by atoms with Gasteiger partial charge in [0.1, 0.15) is 5.69 Å². The van der Waals surface area contributed by atoms with Crippen LogP contribution in [0.2, 0.25) is 0 Å². The van der Waals surface area contributed by atoms with Crippen molar-refractivity contribution >= 4 is 11.3 Å². The number of unbranched alkanes of at least 4 members (excludes halogenated alkanes) is 1. The van der Waals surface area contributed by atoms with E-state index >= 15 is 0 Å². The second-order valence-corrected chi connectivity index (χ2v) is 4.37. The first-order chi connectivity index (χ1) is 7.92. The average molecular weight is 233 g/mol. The number of hydrogen-bond donors (Lipinski definition) is 0. The van der Waals surface area contributed by atoms with Crippen molar-refractivity contribution in [2.45, 2.75) is 19.8 Å². The Bertz CT molecular complexity index is 425. The van der Waals surface area contributed by atoms with Gasteiger partial charge in [-0.05, 0) is 6.42 Å². The van der Waals surface area contributed by atoms with Gasteiger partial charge in [0.25, 0.3) is 0 Å². The molecule has 0 atom stereocenters. The topological polar surface area (TPSA) is 22.1 Å². The molecule has 3 heteroatoms. The van der Waals surface area contributed by atoms with Gasteiger partial charge in [-0.3, -0.25) is 0 Å². The van der Waals surface area contributed by atoms with Gasteiger partial charge < -0.3 is 4.74 Å². The number of nitrogens with zero attached hydrogens (tertiary/aromatic N) is 1. The Kier molecular flexibility index (Phi) is 3.94. The third kappa shape index (κ3) is 2.61. The summed E-state index contributed by atoms with van der Waals surface area (Å²) >= 11 is 1.56. The predicted molar refractivity (Wildman–Crippen MR) is 68.0 cm³/mol. The van der Waals surface area contributed by atoms with Gasteiger partial charge in [0.15, 0.2) is 0 Å². The lowest BCUT2D eigenvalue weighted by Crippen LogP contribution is -1.95. The highest BCUT2D eigenvalue weighted by Crippen LogP contribution is 2.32. The minimum Gasteiger partial charge on any atom is -0.482 e. The SMILES string of the molecule is CCCCOc1scnc1-c1ccccc1. The molecular formula is C13H15NOS. The number of hydrogen-bond acceptors (Lipinski definition) is 3. The van der Waals surface area contributed by atoms with Gasteiger partial charge in [0.2, 0.25) is 5.06 Å². The van der Waals surface area contributed by atoms with Crippen molar-refractivity contribution in [3.63, 3.8) is 0 Å². The summed E-state index contributed by atoms with van der Waals surface area (Å²) in [6.07, 6.45) is 2.24. The third-order valence-electron chi connectivity index (χ3n) is 2.31. The first-order valence-electron chi connectivity index (χ1n) is 5.53. The lowest BCUT2D eigenvalue weighted by atomic mass is 10.2. The largest absolute Gasteiger partial charge is 0.482 e. The molecule has 0 bridgehead atoms. The summed E-state index contributed by atoms with van der Waals surface area (Å²) in [7, 11) is 0. The van der Waals surface area contributed by atoms with E-state index in [0.717, 1.165) is 35.8 Å². The standard InChI is InChI=1S/C13H15NOS/c1-2-3-9-15-13-12(14-10-16-13)11-7-5-4-6-8-11/h4-8,10H,2-3,9H2,1H3. The fourth-order valence-electron chi connectivity index (χ4n) is 1.44. The molecule has 1 aromatic heterocycles. The Morgan fingerprint density at radius 3 is 2.81 bits per heavy atom. The molecule has 0 saturated carbocycles. The van der Waals surface area contributed by atoms with Crippen LogP contribution in [0, 0.1) is 0 Å². The summed E-state index contributed by atoms with van der Waals surface area (Å²) in [6, 6.07) is 10.2. The molecule has 1 aromatic carbocycles. The smallest absolute Gasteiger partial charge is 0.202 e. The Labute approximate surface area is 99.9 Å². The molecule has 2 nitrogen and oxygen atoms in total. The van der Waals surface area contributed by atoms with Gasteiger partial charge in [0, 0.05) is 5.56 Å². The van der Waals surface area contributed by atoms with E-state index in [-0.39, 0.29) is 0 Å². The summed E-state index contributed by atoms with van der Waals surface area (Å²) in [5.74, 6) is 0. The lowest BCUT2D eigenvalue weighted by Gasteiger charge is -2.04. The molecule has 84 valence electrons. The van der Waals surface area contributed by atoms with Crippen LogP contribution < -0.4 is 4.74 Å². The monoisotopic (exact) mass is 233 g/mol. The van der Waals surface area contributed by atoms with E-state index in [1.807, 2.05) is 23.7 Å². The van der Waals surface area contributed by atoms with Gasteiger partial charge >= 0.3 is 0 Å². The molecular weight excluding hydrogens is 218 g/mol. The van der Waals surface area contributed by atoms with Crippen molar-refractivity contribution in [2.24, 2.45) is 0 Å². The van der Waals surface area contributed by atoms with E-state index in [0.29, 0.717) is 0 Å². The van der Waals surface area contributed by atoms with Crippen LogP contribution in [0.4, 0.5) is 0 Å².